The second kappa shape index (κ2) is 8.38. The first-order valence-corrected chi connectivity index (χ1v) is 10.5. The highest BCUT2D eigenvalue weighted by Gasteiger charge is 2.28. The monoisotopic (exact) mass is 481 g/mol. The first-order chi connectivity index (χ1) is 16.7. The van der Waals surface area contributed by atoms with Gasteiger partial charge in [0.25, 0.3) is 0 Å². The molecule has 5 rings (SSSR count). The molecule has 0 saturated carbocycles. The number of nitrogens with zero attached hydrogens (tertiary/aromatic N) is 6. The lowest BCUT2D eigenvalue weighted by Gasteiger charge is -2.08. The summed E-state index contributed by atoms with van der Waals surface area (Å²) in [5, 5.41) is 6.09. The van der Waals surface area contributed by atoms with Gasteiger partial charge in [-0.15, -0.1) is 0 Å². The van der Waals surface area contributed by atoms with Gasteiger partial charge in [0.05, 0.1) is 22.7 Å². The highest BCUT2D eigenvalue weighted by molar-refractivity contribution is 5.84. The molecule has 1 N–H and O–H groups in total. The van der Waals surface area contributed by atoms with E-state index >= 15 is 0 Å². The van der Waals surface area contributed by atoms with Crippen molar-refractivity contribution in [3.8, 4) is 17.1 Å². The third-order valence-electron chi connectivity index (χ3n) is 5.52. The van der Waals surface area contributed by atoms with E-state index in [0.29, 0.717) is 22.2 Å². The number of pyridine rings is 1. The van der Waals surface area contributed by atoms with Crippen molar-refractivity contribution >= 4 is 22.5 Å². The number of alkyl halides is 3. The molecule has 1 amide bonds. The lowest BCUT2D eigenvalue weighted by atomic mass is 10.1. The van der Waals surface area contributed by atoms with Crippen molar-refractivity contribution in [2.45, 2.75) is 19.6 Å². The predicted octanol–water partition coefficient (Wildman–Crippen LogP) is 2.88. The number of benzene rings is 1. The fourth-order valence-corrected chi connectivity index (χ4v) is 3.94. The summed E-state index contributed by atoms with van der Waals surface area (Å²) >= 11 is 0. The number of aryl methyl sites for hydroxylation is 1. The van der Waals surface area contributed by atoms with E-state index in [1.807, 2.05) is 24.4 Å². The molecule has 0 aliphatic carbocycles. The smallest absolute Gasteiger partial charge is 0.345 e. The number of carbonyl (C=O) groups excluding carboxylic acids is 1. The van der Waals surface area contributed by atoms with E-state index in [1.165, 1.54) is 4.57 Å². The Morgan fingerprint density at radius 3 is 2.51 bits per heavy atom. The minimum Gasteiger partial charge on any atom is -0.345 e. The molecule has 12 heteroatoms. The average Bonchev–Trinajstić information content (AvgIpc) is 3.38. The molecular weight excluding hydrogens is 463 g/mol. The first kappa shape index (κ1) is 22.3. The zero-order valence-corrected chi connectivity index (χ0v) is 18.3. The van der Waals surface area contributed by atoms with E-state index in [-0.39, 0.29) is 5.95 Å². The summed E-state index contributed by atoms with van der Waals surface area (Å²) in [7, 11) is 0. The minimum absolute atomic E-state index is 0.0731. The molecule has 5 aromatic rings. The largest absolute Gasteiger partial charge is 0.405 e. The Bertz CT molecular complexity index is 1610. The molecule has 0 spiro atoms. The van der Waals surface area contributed by atoms with Crippen molar-refractivity contribution < 1.29 is 18.0 Å². The van der Waals surface area contributed by atoms with Crippen LogP contribution in [0, 0.1) is 6.92 Å². The molecule has 178 valence electrons. The van der Waals surface area contributed by atoms with Crippen LogP contribution in [-0.2, 0) is 11.3 Å². The second-order valence-corrected chi connectivity index (χ2v) is 7.90. The standard InChI is InChI=1S/C23H18F3N7O2/c1-14-5-4-7-18-20(14)33(22(35)31(18)12-19(34)29-13-23(24,25)26)21-27-9-15(10-28-21)16-11-30-32-8-3-2-6-17(16)32/h2-11H,12-13H2,1H3,(H,29,34). The molecule has 1 aromatic carbocycles. The number of fused-ring (bicyclic) bond motifs is 2. The van der Waals surface area contributed by atoms with Crippen LogP contribution in [0.1, 0.15) is 5.56 Å². The van der Waals surface area contributed by atoms with E-state index in [4.69, 9.17) is 0 Å². The topological polar surface area (TPSA) is 99.1 Å². The predicted molar refractivity (Wildman–Crippen MR) is 121 cm³/mol. The molecule has 0 fully saturated rings. The Balaban J connectivity index is 1.55. The van der Waals surface area contributed by atoms with E-state index < -0.39 is 30.9 Å². The van der Waals surface area contributed by atoms with E-state index in [0.717, 1.165) is 15.6 Å². The number of para-hydroxylation sites is 1. The number of aromatic nitrogens is 6. The number of nitrogens with one attached hydrogen (secondary N) is 1. The molecule has 0 bridgehead atoms. The molecule has 35 heavy (non-hydrogen) atoms. The lowest BCUT2D eigenvalue weighted by Crippen LogP contribution is -2.38. The summed E-state index contributed by atoms with van der Waals surface area (Å²) in [6.07, 6.45) is 2.08. The second-order valence-electron chi connectivity index (χ2n) is 7.90. The first-order valence-electron chi connectivity index (χ1n) is 10.5. The van der Waals surface area contributed by atoms with Gasteiger partial charge < -0.3 is 5.32 Å². The number of hydrogen-bond acceptors (Lipinski definition) is 5. The van der Waals surface area contributed by atoms with Crippen LogP contribution in [0.25, 0.3) is 33.6 Å². The minimum atomic E-state index is -4.55. The van der Waals surface area contributed by atoms with Crippen LogP contribution < -0.4 is 11.0 Å². The Labute approximate surface area is 195 Å². The van der Waals surface area contributed by atoms with Gasteiger partial charge in [-0.25, -0.2) is 23.8 Å². The van der Waals surface area contributed by atoms with E-state index in [9.17, 15) is 22.8 Å². The average molecular weight is 481 g/mol. The maximum atomic E-state index is 13.3. The molecule has 4 aromatic heterocycles. The maximum absolute atomic E-state index is 13.3. The van der Waals surface area contributed by atoms with Crippen molar-refractivity contribution in [1.82, 2.24) is 34.0 Å². The van der Waals surface area contributed by atoms with Crippen LogP contribution in [0.3, 0.4) is 0 Å². The fourth-order valence-electron chi connectivity index (χ4n) is 3.94. The van der Waals surface area contributed by atoms with E-state index in [2.05, 4.69) is 15.1 Å². The fraction of sp³-hybridized carbons (Fsp3) is 0.174. The van der Waals surface area contributed by atoms with Crippen LogP contribution in [0.4, 0.5) is 13.2 Å². The van der Waals surface area contributed by atoms with Gasteiger partial charge in [0.1, 0.15) is 13.1 Å². The highest BCUT2D eigenvalue weighted by atomic mass is 19.4. The summed E-state index contributed by atoms with van der Waals surface area (Å²) in [5.74, 6) is -0.863. The molecule has 0 aliphatic rings. The Kier molecular flexibility index (Phi) is 5.35. The molecule has 0 atom stereocenters. The Morgan fingerprint density at radius 1 is 1.03 bits per heavy atom. The highest BCUT2D eigenvalue weighted by Crippen LogP contribution is 2.24. The summed E-state index contributed by atoms with van der Waals surface area (Å²) in [6.45, 7) is -0.283. The quantitative estimate of drug-likeness (QED) is 0.416. The van der Waals surface area contributed by atoms with Gasteiger partial charge in [0, 0.05) is 29.7 Å². The third-order valence-corrected chi connectivity index (χ3v) is 5.52. The number of rotatable bonds is 5. The van der Waals surface area contributed by atoms with Gasteiger partial charge in [-0.05, 0) is 30.7 Å². The number of hydrogen-bond donors (Lipinski definition) is 1. The van der Waals surface area contributed by atoms with Gasteiger partial charge in [-0.2, -0.15) is 18.3 Å². The molecule has 9 nitrogen and oxygen atoms in total. The number of carbonyl (C=O) groups is 1. The van der Waals surface area contributed by atoms with E-state index in [1.54, 1.807) is 53.5 Å². The number of imidazole rings is 1. The molecule has 4 heterocycles. The zero-order valence-electron chi connectivity index (χ0n) is 18.3. The maximum Gasteiger partial charge on any atom is 0.405 e. The van der Waals surface area contributed by atoms with Crippen molar-refractivity contribution in [3.63, 3.8) is 0 Å². The van der Waals surface area contributed by atoms with Crippen LogP contribution in [0.15, 0.2) is 66.0 Å². The van der Waals surface area contributed by atoms with Gasteiger partial charge >= 0.3 is 11.9 Å². The summed E-state index contributed by atoms with van der Waals surface area (Å²) in [6, 6.07) is 10.7. The van der Waals surface area contributed by atoms with Crippen molar-refractivity contribution in [2.24, 2.45) is 0 Å². The van der Waals surface area contributed by atoms with Gasteiger partial charge in [0.15, 0.2) is 0 Å². The molecular formula is C23H18F3N7O2. The number of amides is 1. The summed E-state index contributed by atoms with van der Waals surface area (Å²) in [5.41, 5.74) is 3.28. The van der Waals surface area contributed by atoms with Crippen molar-refractivity contribution in [3.05, 3.63) is 77.2 Å². The number of halogens is 3. The molecule has 0 saturated heterocycles. The van der Waals surface area contributed by atoms with Gasteiger partial charge in [-0.3, -0.25) is 9.36 Å². The van der Waals surface area contributed by atoms with Crippen molar-refractivity contribution in [1.29, 1.82) is 0 Å². The zero-order chi connectivity index (χ0) is 24.7. The van der Waals surface area contributed by atoms with Gasteiger partial charge in [-0.1, -0.05) is 18.2 Å². The molecule has 0 radical (unpaired) electrons. The lowest BCUT2D eigenvalue weighted by molar-refractivity contribution is -0.138. The van der Waals surface area contributed by atoms with Crippen molar-refractivity contribution in [2.75, 3.05) is 6.54 Å². The van der Waals surface area contributed by atoms with Crippen LogP contribution in [-0.4, -0.2) is 47.3 Å². The van der Waals surface area contributed by atoms with Crippen LogP contribution in [0.2, 0.25) is 0 Å². The molecule has 0 unspecified atom stereocenters. The van der Waals surface area contributed by atoms with Crippen LogP contribution in [0.5, 0.6) is 0 Å². The normalized spacial score (nSPS) is 11.9. The third kappa shape index (κ3) is 4.14. The Hall–Kier alpha value is -4.48. The summed E-state index contributed by atoms with van der Waals surface area (Å²) in [4.78, 5) is 34.2. The Morgan fingerprint density at radius 2 is 1.77 bits per heavy atom. The molecule has 0 aliphatic heterocycles. The van der Waals surface area contributed by atoms with Gasteiger partial charge in [0.2, 0.25) is 11.9 Å². The summed E-state index contributed by atoms with van der Waals surface area (Å²) < 4.78 is 41.5. The van der Waals surface area contributed by atoms with Crippen LogP contribution >= 0.6 is 0 Å². The SMILES string of the molecule is Cc1cccc2c1n(-c1ncc(-c3cnn4ccccc34)cn1)c(=O)n2CC(=O)NCC(F)(F)F.